The number of nitrogen functional groups attached to an aromatic ring is 1. The van der Waals surface area contributed by atoms with E-state index in [9.17, 15) is 4.79 Å². The van der Waals surface area contributed by atoms with Crippen LogP contribution < -0.4 is 20.5 Å². The Hall–Kier alpha value is -3.82. The number of benzene rings is 1. The van der Waals surface area contributed by atoms with Crippen LogP contribution in [0.4, 0.5) is 11.6 Å². The number of aromatic nitrogens is 4. The van der Waals surface area contributed by atoms with Gasteiger partial charge in [-0.25, -0.2) is 14.6 Å². The Kier molecular flexibility index (Phi) is 5.85. The summed E-state index contributed by atoms with van der Waals surface area (Å²) in [7, 11) is 3.23. The van der Waals surface area contributed by atoms with Crippen molar-refractivity contribution < 1.29 is 14.3 Å². The van der Waals surface area contributed by atoms with E-state index in [1.807, 2.05) is 29.8 Å². The van der Waals surface area contributed by atoms with Crippen LogP contribution in [0.25, 0.3) is 11.0 Å². The Bertz CT molecular complexity index is 1140. The van der Waals surface area contributed by atoms with Crippen molar-refractivity contribution in [3.63, 3.8) is 0 Å². The van der Waals surface area contributed by atoms with Crippen LogP contribution in [0.1, 0.15) is 31.0 Å². The zero-order valence-corrected chi connectivity index (χ0v) is 18.4. The lowest BCUT2D eigenvalue weighted by Gasteiger charge is -2.17. The fraction of sp³-hybridized carbons (Fsp3) is 0.364. The minimum absolute atomic E-state index is 0.0153. The Labute approximate surface area is 186 Å². The topological polar surface area (TPSA) is 120 Å². The average Bonchev–Trinajstić information content (AvgIpc) is 3.44. The summed E-state index contributed by atoms with van der Waals surface area (Å²) in [6.07, 6.45) is 3.53. The smallest absolute Gasteiger partial charge is 0.246 e. The number of hydrogen-bond acceptors (Lipinski definition) is 8. The van der Waals surface area contributed by atoms with Crippen molar-refractivity contribution >= 4 is 28.6 Å². The maximum absolute atomic E-state index is 12.0. The van der Waals surface area contributed by atoms with Crippen LogP contribution in [-0.4, -0.2) is 57.9 Å². The molecule has 10 nitrogen and oxygen atoms in total. The summed E-state index contributed by atoms with van der Waals surface area (Å²) in [6, 6.07) is 5.55. The first-order chi connectivity index (χ1) is 15.4. The normalized spacial score (nSPS) is 16.7. The van der Waals surface area contributed by atoms with Gasteiger partial charge in [-0.15, -0.1) is 0 Å². The zero-order chi connectivity index (χ0) is 22.8. The molecule has 4 rings (SSSR count). The lowest BCUT2D eigenvalue weighted by atomic mass is 10.1. The molecule has 1 amide bonds. The minimum Gasteiger partial charge on any atom is -0.497 e. The molecule has 168 valence electrons. The molecule has 1 saturated heterocycles. The second-order valence-electron chi connectivity index (χ2n) is 7.69. The molecule has 1 aromatic carbocycles. The number of fused-ring (bicyclic) bond motifs is 1. The van der Waals surface area contributed by atoms with Gasteiger partial charge in [-0.2, -0.15) is 5.10 Å². The second-order valence-corrected chi connectivity index (χ2v) is 7.69. The Morgan fingerprint density at radius 2 is 2.00 bits per heavy atom. The van der Waals surface area contributed by atoms with Crippen LogP contribution in [0.3, 0.4) is 0 Å². The Morgan fingerprint density at radius 1 is 1.28 bits per heavy atom. The van der Waals surface area contributed by atoms with Crippen molar-refractivity contribution in [1.82, 2.24) is 24.6 Å². The monoisotopic (exact) mass is 437 g/mol. The molecule has 3 heterocycles. The van der Waals surface area contributed by atoms with Crippen molar-refractivity contribution in [3.8, 4) is 11.5 Å². The van der Waals surface area contributed by atoms with E-state index in [1.165, 1.54) is 12.4 Å². The third-order valence-electron chi connectivity index (χ3n) is 5.74. The molecule has 2 aromatic heterocycles. The number of rotatable bonds is 7. The van der Waals surface area contributed by atoms with Crippen molar-refractivity contribution in [2.24, 2.45) is 0 Å². The van der Waals surface area contributed by atoms with Crippen LogP contribution in [0, 0.1) is 0 Å². The van der Waals surface area contributed by atoms with Crippen molar-refractivity contribution in [2.45, 2.75) is 25.4 Å². The molecule has 1 aliphatic heterocycles. The van der Waals surface area contributed by atoms with Gasteiger partial charge in [-0.05, 0) is 37.1 Å². The molecule has 1 unspecified atom stereocenters. The van der Waals surface area contributed by atoms with E-state index in [1.54, 1.807) is 19.1 Å². The highest BCUT2D eigenvalue weighted by Crippen LogP contribution is 2.34. The van der Waals surface area contributed by atoms with E-state index in [2.05, 4.69) is 21.9 Å². The third kappa shape index (κ3) is 3.91. The molecule has 1 aliphatic rings. The minimum atomic E-state index is -0.132. The molecule has 32 heavy (non-hydrogen) atoms. The number of anilines is 2. The largest absolute Gasteiger partial charge is 0.497 e. The highest BCUT2D eigenvalue weighted by Gasteiger charge is 2.30. The van der Waals surface area contributed by atoms with Gasteiger partial charge in [0.1, 0.15) is 29.0 Å². The number of hydrogen-bond donors (Lipinski definition) is 2. The predicted octanol–water partition coefficient (Wildman–Crippen LogP) is 2.56. The highest BCUT2D eigenvalue weighted by atomic mass is 16.5. The first-order valence-corrected chi connectivity index (χ1v) is 10.3. The zero-order valence-electron chi connectivity index (χ0n) is 18.4. The summed E-state index contributed by atoms with van der Waals surface area (Å²) in [5.41, 5.74) is 7.80. The van der Waals surface area contributed by atoms with E-state index in [0.717, 1.165) is 12.0 Å². The van der Waals surface area contributed by atoms with E-state index in [0.29, 0.717) is 47.3 Å². The van der Waals surface area contributed by atoms with Gasteiger partial charge in [0.15, 0.2) is 11.5 Å². The Balaban J connectivity index is 1.68. The second kappa shape index (κ2) is 8.74. The van der Waals surface area contributed by atoms with Crippen molar-refractivity contribution in [3.05, 3.63) is 42.7 Å². The number of ether oxygens (including phenoxy) is 2. The summed E-state index contributed by atoms with van der Waals surface area (Å²) >= 11 is 0. The SMILES string of the molecule is C=CC(=O)N1CC[C@H](n2nc(NC(C)c3cc(OC)cc(OC)c3)c3c(N)ncnc32)C1. The van der Waals surface area contributed by atoms with Crippen LogP contribution in [0.2, 0.25) is 0 Å². The van der Waals surface area contributed by atoms with Crippen LogP contribution in [0.15, 0.2) is 37.2 Å². The lowest BCUT2D eigenvalue weighted by Crippen LogP contribution is -2.27. The summed E-state index contributed by atoms with van der Waals surface area (Å²) in [5, 5.41) is 8.89. The van der Waals surface area contributed by atoms with Gasteiger partial charge in [0, 0.05) is 19.2 Å². The molecule has 2 atom stereocenters. The fourth-order valence-electron chi connectivity index (χ4n) is 3.99. The fourth-order valence-corrected chi connectivity index (χ4v) is 3.99. The first-order valence-electron chi connectivity index (χ1n) is 10.3. The molecule has 3 aromatic rings. The van der Waals surface area contributed by atoms with E-state index >= 15 is 0 Å². The lowest BCUT2D eigenvalue weighted by molar-refractivity contribution is -0.125. The maximum atomic E-state index is 12.0. The van der Waals surface area contributed by atoms with Crippen LogP contribution in [-0.2, 0) is 4.79 Å². The van der Waals surface area contributed by atoms with Gasteiger partial charge in [0.25, 0.3) is 0 Å². The van der Waals surface area contributed by atoms with E-state index in [4.69, 9.17) is 20.3 Å². The van der Waals surface area contributed by atoms with Gasteiger partial charge in [-0.1, -0.05) is 6.58 Å². The molecular formula is C22H27N7O3. The van der Waals surface area contributed by atoms with E-state index in [-0.39, 0.29) is 18.0 Å². The molecule has 10 heteroatoms. The molecule has 3 N–H and O–H groups in total. The quantitative estimate of drug-likeness (QED) is 0.541. The summed E-state index contributed by atoms with van der Waals surface area (Å²) in [6.45, 7) is 6.76. The van der Waals surface area contributed by atoms with Gasteiger partial charge in [-0.3, -0.25) is 4.79 Å². The molecule has 0 spiro atoms. The van der Waals surface area contributed by atoms with Crippen LogP contribution >= 0.6 is 0 Å². The number of likely N-dealkylation sites (tertiary alicyclic amines) is 1. The maximum Gasteiger partial charge on any atom is 0.246 e. The summed E-state index contributed by atoms with van der Waals surface area (Å²) in [4.78, 5) is 22.4. The van der Waals surface area contributed by atoms with Crippen molar-refractivity contribution in [1.29, 1.82) is 0 Å². The number of carbonyl (C=O) groups is 1. The summed E-state index contributed by atoms with van der Waals surface area (Å²) in [5.74, 6) is 2.24. The third-order valence-corrected chi connectivity index (χ3v) is 5.74. The number of methoxy groups -OCH3 is 2. The number of nitrogens with one attached hydrogen (secondary N) is 1. The predicted molar refractivity (Wildman–Crippen MR) is 122 cm³/mol. The average molecular weight is 438 g/mol. The molecule has 0 bridgehead atoms. The Morgan fingerprint density at radius 3 is 2.66 bits per heavy atom. The van der Waals surface area contributed by atoms with Crippen molar-refractivity contribution in [2.75, 3.05) is 38.4 Å². The highest BCUT2D eigenvalue weighted by molar-refractivity contribution is 5.96. The first kappa shape index (κ1) is 21.4. The molecular weight excluding hydrogens is 410 g/mol. The summed E-state index contributed by atoms with van der Waals surface area (Å²) < 4.78 is 12.6. The van der Waals surface area contributed by atoms with Gasteiger partial charge in [0.2, 0.25) is 5.91 Å². The number of amides is 1. The van der Waals surface area contributed by atoms with Gasteiger partial charge < -0.3 is 25.4 Å². The standard InChI is InChI=1S/C22H27N7O3/c1-5-18(30)28-7-6-15(11-28)29-22-19(20(23)24-12-25-22)21(27-29)26-13(2)14-8-16(31-3)10-17(9-14)32-4/h5,8-10,12-13,15H,1,6-7,11H2,2-4H3,(H,26,27)(H2,23,24,25)/t13?,15-/m0/s1. The molecule has 1 fully saturated rings. The van der Waals surface area contributed by atoms with E-state index < -0.39 is 0 Å². The number of nitrogens with zero attached hydrogens (tertiary/aromatic N) is 5. The van der Waals surface area contributed by atoms with Gasteiger partial charge in [0.05, 0.1) is 26.3 Å². The van der Waals surface area contributed by atoms with Crippen LogP contribution in [0.5, 0.6) is 11.5 Å². The molecule has 0 radical (unpaired) electrons. The number of nitrogens with two attached hydrogens (primary N) is 1. The number of carbonyl (C=O) groups excluding carboxylic acids is 1. The molecule has 0 aliphatic carbocycles. The van der Waals surface area contributed by atoms with Gasteiger partial charge >= 0.3 is 0 Å². The molecule has 0 saturated carbocycles.